The summed E-state index contributed by atoms with van der Waals surface area (Å²) in [6.07, 6.45) is 3.29. The Balaban J connectivity index is 0.00000529. The van der Waals surface area contributed by atoms with Crippen molar-refractivity contribution in [1.82, 2.24) is 20.5 Å². The molecule has 140 valence electrons. The van der Waals surface area contributed by atoms with Gasteiger partial charge >= 0.3 is 0 Å². The van der Waals surface area contributed by atoms with Gasteiger partial charge in [0.05, 0.1) is 10.7 Å². The Kier molecular flexibility index (Phi) is 14.6. The molecule has 0 unspecified atom stereocenters. The molecule has 0 atom stereocenters. The van der Waals surface area contributed by atoms with Crippen molar-refractivity contribution in [2.75, 3.05) is 39.3 Å². The van der Waals surface area contributed by atoms with Crippen LogP contribution in [0.15, 0.2) is 10.4 Å². The predicted octanol–water partition coefficient (Wildman–Crippen LogP) is 3.29. The summed E-state index contributed by atoms with van der Waals surface area (Å²) in [5, 5.41) is 9.97. The van der Waals surface area contributed by atoms with Gasteiger partial charge in [0.1, 0.15) is 0 Å². The zero-order valence-corrected chi connectivity index (χ0v) is 18.7. The van der Waals surface area contributed by atoms with Crippen LogP contribution in [-0.4, -0.2) is 55.1 Å². The van der Waals surface area contributed by atoms with Gasteiger partial charge in [0, 0.05) is 31.4 Å². The van der Waals surface area contributed by atoms with Gasteiger partial charge in [-0.2, -0.15) is 0 Å². The van der Waals surface area contributed by atoms with E-state index in [1.807, 2.05) is 6.92 Å². The van der Waals surface area contributed by atoms with Gasteiger partial charge in [-0.05, 0) is 46.3 Å². The molecule has 2 N–H and O–H groups in total. The smallest absolute Gasteiger partial charge is 0.191 e. The number of rotatable bonds is 11. The quantitative estimate of drug-likeness (QED) is 0.227. The molecule has 1 aromatic heterocycles. The number of hydrogen-bond acceptors (Lipinski definition) is 4. The molecule has 7 heteroatoms. The Morgan fingerprint density at radius 3 is 2.54 bits per heavy atom. The summed E-state index contributed by atoms with van der Waals surface area (Å²) < 4.78 is 0. The lowest BCUT2D eigenvalue weighted by atomic mass is 10.3. The second kappa shape index (κ2) is 14.9. The molecule has 0 aliphatic heterocycles. The lowest BCUT2D eigenvalue weighted by Gasteiger charge is -2.17. The third kappa shape index (κ3) is 10.5. The van der Waals surface area contributed by atoms with Crippen LogP contribution in [0.25, 0.3) is 0 Å². The van der Waals surface area contributed by atoms with E-state index in [1.165, 1.54) is 13.0 Å². The summed E-state index contributed by atoms with van der Waals surface area (Å²) in [5.74, 6) is 0.919. The molecule has 0 aliphatic rings. The Labute approximate surface area is 168 Å². The van der Waals surface area contributed by atoms with E-state index in [4.69, 9.17) is 0 Å². The molecule has 0 spiro atoms. The van der Waals surface area contributed by atoms with Crippen LogP contribution in [-0.2, 0) is 6.42 Å². The highest BCUT2D eigenvalue weighted by molar-refractivity contribution is 14.0. The number of nitrogens with zero attached hydrogens (tertiary/aromatic N) is 3. The van der Waals surface area contributed by atoms with E-state index in [-0.39, 0.29) is 24.0 Å². The fraction of sp³-hybridized carbons (Fsp3) is 0.765. The molecule has 0 aliphatic carbocycles. The van der Waals surface area contributed by atoms with E-state index in [1.54, 1.807) is 11.3 Å². The maximum atomic E-state index is 4.66. The third-order valence-corrected chi connectivity index (χ3v) is 4.55. The highest BCUT2D eigenvalue weighted by Gasteiger charge is 2.01. The fourth-order valence-corrected chi connectivity index (χ4v) is 3.00. The van der Waals surface area contributed by atoms with Crippen LogP contribution in [0.4, 0.5) is 0 Å². The number of aromatic nitrogens is 1. The summed E-state index contributed by atoms with van der Waals surface area (Å²) in [7, 11) is 0. The first-order valence-electron chi connectivity index (χ1n) is 8.85. The van der Waals surface area contributed by atoms with Gasteiger partial charge in [-0.25, -0.2) is 4.98 Å². The minimum absolute atomic E-state index is 0. The number of thiazole rings is 1. The van der Waals surface area contributed by atoms with Crippen molar-refractivity contribution in [2.24, 2.45) is 4.99 Å². The first-order chi connectivity index (χ1) is 11.2. The van der Waals surface area contributed by atoms with Crippen molar-refractivity contribution in [3.63, 3.8) is 0 Å². The minimum atomic E-state index is 0. The first kappa shape index (κ1) is 23.6. The monoisotopic (exact) mass is 467 g/mol. The molecule has 24 heavy (non-hydrogen) atoms. The van der Waals surface area contributed by atoms with Crippen LogP contribution in [0.5, 0.6) is 0 Å². The Morgan fingerprint density at radius 2 is 1.96 bits per heavy atom. The summed E-state index contributed by atoms with van der Waals surface area (Å²) >= 11 is 1.71. The summed E-state index contributed by atoms with van der Waals surface area (Å²) in [5.41, 5.74) is 1.16. The van der Waals surface area contributed by atoms with E-state index in [0.717, 1.165) is 62.2 Å². The highest BCUT2D eigenvalue weighted by Crippen LogP contribution is 2.07. The lowest BCUT2D eigenvalue weighted by molar-refractivity contribution is 0.297. The topological polar surface area (TPSA) is 52.6 Å². The van der Waals surface area contributed by atoms with Crippen molar-refractivity contribution < 1.29 is 0 Å². The second-order valence-corrected chi connectivity index (χ2v) is 6.59. The van der Waals surface area contributed by atoms with Crippen molar-refractivity contribution in [2.45, 2.75) is 47.0 Å². The van der Waals surface area contributed by atoms with Crippen LogP contribution in [0.3, 0.4) is 0 Å². The predicted molar refractivity (Wildman–Crippen MR) is 117 cm³/mol. The number of aryl methyl sites for hydroxylation is 1. The highest BCUT2D eigenvalue weighted by atomic mass is 127. The number of unbranched alkanes of at least 4 members (excludes halogenated alkanes) is 1. The Morgan fingerprint density at radius 1 is 1.21 bits per heavy atom. The lowest BCUT2D eigenvalue weighted by Crippen LogP contribution is -2.38. The van der Waals surface area contributed by atoms with Gasteiger partial charge in [-0.3, -0.25) is 4.99 Å². The molecule has 0 saturated carbocycles. The summed E-state index contributed by atoms with van der Waals surface area (Å²) in [4.78, 5) is 11.6. The SMILES string of the molecule is CCNC(=NCCCCN(CC)CC)NCCc1csc(C)n1.I. The summed E-state index contributed by atoms with van der Waals surface area (Å²) in [6.45, 7) is 14.7. The Hall–Kier alpha value is -0.410. The molecule has 1 aromatic rings. The van der Waals surface area contributed by atoms with Crippen LogP contribution < -0.4 is 10.6 Å². The largest absolute Gasteiger partial charge is 0.357 e. The van der Waals surface area contributed by atoms with E-state index in [0.29, 0.717) is 0 Å². The maximum absolute atomic E-state index is 4.66. The molecule has 0 saturated heterocycles. The maximum Gasteiger partial charge on any atom is 0.191 e. The van der Waals surface area contributed by atoms with Gasteiger partial charge in [-0.1, -0.05) is 13.8 Å². The van der Waals surface area contributed by atoms with Gasteiger partial charge in [0.25, 0.3) is 0 Å². The standard InChI is InChI=1S/C17H33N5S.HI/c1-5-18-17(19-11-8-9-13-22(6-2)7-3)20-12-10-16-14-23-15(4)21-16;/h14H,5-13H2,1-4H3,(H2,18,19,20);1H. The second-order valence-electron chi connectivity index (χ2n) is 5.53. The van der Waals surface area contributed by atoms with E-state index >= 15 is 0 Å². The van der Waals surface area contributed by atoms with Crippen molar-refractivity contribution >= 4 is 41.3 Å². The molecule has 0 radical (unpaired) electrons. The van der Waals surface area contributed by atoms with Crippen LogP contribution in [0.1, 0.15) is 44.3 Å². The van der Waals surface area contributed by atoms with E-state index < -0.39 is 0 Å². The van der Waals surface area contributed by atoms with Crippen molar-refractivity contribution in [1.29, 1.82) is 0 Å². The molecule has 5 nitrogen and oxygen atoms in total. The van der Waals surface area contributed by atoms with E-state index in [2.05, 4.69) is 51.7 Å². The fourth-order valence-electron chi connectivity index (χ4n) is 2.35. The average molecular weight is 467 g/mol. The molecular weight excluding hydrogens is 433 g/mol. The van der Waals surface area contributed by atoms with Gasteiger partial charge in [0.2, 0.25) is 0 Å². The zero-order valence-electron chi connectivity index (χ0n) is 15.6. The Bertz CT molecular complexity index is 446. The molecule has 0 fully saturated rings. The number of aliphatic imine (C=N–C) groups is 1. The number of hydrogen-bond donors (Lipinski definition) is 2. The number of guanidine groups is 1. The van der Waals surface area contributed by atoms with Crippen LogP contribution in [0.2, 0.25) is 0 Å². The average Bonchev–Trinajstić information content (AvgIpc) is 2.96. The van der Waals surface area contributed by atoms with Crippen LogP contribution in [0, 0.1) is 6.92 Å². The van der Waals surface area contributed by atoms with Gasteiger partial charge in [-0.15, -0.1) is 35.3 Å². The number of halogens is 1. The van der Waals surface area contributed by atoms with Crippen molar-refractivity contribution in [3.05, 3.63) is 16.1 Å². The van der Waals surface area contributed by atoms with Crippen molar-refractivity contribution in [3.8, 4) is 0 Å². The molecule has 0 amide bonds. The van der Waals surface area contributed by atoms with Gasteiger partial charge < -0.3 is 15.5 Å². The third-order valence-electron chi connectivity index (χ3n) is 3.73. The molecular formula is C17H34IN5S. The zero-order chi connectivity index (χ0) is 16.9. The first-order valence-corrected chi connectivity index (χ1v) is 9.73. The normalized spacial score (nSPS) is 11.5. The van der Waals surface area contributed by atoms with E-state index in [9.17, 15) is 0 Å². The molecule has 0 bridgehead atoms. The molecule has 1 heterocycles. The molecule has 0 aromatic carbocycles. The molecule has 1 rings (SSSR count). The minimum Gasteiger partial charge on any atom is -0.357 e. The summed E-state index contributed by atoms with van der Waals surface area (Å²) in [6, 6.07) is 0. The van der Waals surface area contributed by atoms with Crippen LogP contribution >= 0.6 is 35.3 Å². The number of nitrogens with one attached hydrogen (secondary N) is 2. The van der Waals surface area contributed by atoms with Gasteiger partial charge in [0.15, 0.2) is 5.96 Å².